The van der Waals surface area contributed by atoms with Crippen molar-refractivity contribution in [3.8, 4) is 0 Å². The maximum absolute atomic E-state index is 8.62. The van der Waals surface area contributed by atoms with E-state index in [-0.39, 0.29) is 11.9 Å². The molecule has 0 aliphatic carbocycles. The van der Waals surface area contributed by atoms with E-state index in [9.17, 15) is 0 Å². The monoisotopic (exact) mass is 221 g/mol. The Morgan fingerprint density at radius 2 is 2.00 bits per heavy atom. The normalized spacial score (nSPS) is 13.5. The third-order valence-electron chi connectivity index (χ3n) is 2.58. The Morgan fingerprint density at radius 3 is 2.44 bits per heavy atom. The highest BCUT2D eigenvalue weighted by molar-refractivity contribution is 5.87. The topological polar surface area (TPSA) is 70.6 Å². The Kier molecular flexibility index (Phi) is 4.64. The molecule has 0 heterocycles. The van der Waals surface area contributed by atoms with Gasteiger partial charge < -0.3 is 16.3 Å². The minimum atomic E-state index is -0.127. The maximum Gasteiger partial charge on any atom is 0.161 e. The first-order valence-corrected chi connectivity index (χ1v) is 5.54. The second kappa shape index (κ2) is 6.00. The van der Waals surface area contributed by atoms with Crippen LogP contribution in [0.3, 0.4) is 0 Å². The molecule has 88 valence electrons. The zero-order valence-corrected chi connectivity index (χ0v) is 9.77. The van der Waals surface area contributed by atoms with Crippen molar-refractivity contribution in [3.05, 3.63) is 29.8 Å². The molecule has 1 aromatic rings. The van der Waals surface area contributed by atoms with E-state index in [2.05, 4.69) is 29.5 Å². The minimum Gasteiger partial charge on any atom is -0.409 e. The minimum absolute atomic E-state index is 0.127. The number of aryl methyl sites for hydroxylation is 1. The maximum atomic E-state index is 8.62. The van der Waals surface area contributed by atoms with Crippen molar-refractivity contribution < 1.29 is 5.21 Å². The van der Waals surface area contributed by atoms with Crippen LogP contribution in [0.25, 0.3) is 0 Å². The molecule has 0 amide bonds. The van der Waals surface area contributed by atoms with Gasteiger partial charge in [-0.25, -0.2) is 0 Å². The lowest BCUT2D eigenvalue weighted by Gasteiger charge is -2.16. The van der Waals surface area contributed by atoms with Gasteiger partial charge in [-0.1, -0.05) is 31.1 Å². The van der Waals surface area contributed by atoms with Gasteiger partial charge in [0.25, 0.3) is 0 Å². The highest BCUT2D eigenvalue weighted by Crippen LogP contribution is 2.12. The number of benzene rings is 1. The van der Waals surface area contributed by atoms with E-state index in [1.807, 2.05) is 19.1 Å². The Hall–Kier alpha value is -1.71. The molecule has 0 aliphatic rings. The van der Waals surface area contributed by atoms with Gasteiger partial charge in [0.15, 0.2) is 5.84 Å². The first kappa shape index (κ1) is 12.4. The van der Waals surface area contributed by atoms with Crippen molar-refractivity contribution in [1.82, 2.24) is 0 Å². The lowest BCUT2D eigenvalue weighted by Crippen LogP contribution is -2.35. The Morgan fingerprint density at radius 1 is 1.38 bits per heavy atom. The van der Waals surface area contributed by atoms with E-state index in [4.69, 9.17) is 10.9 Å². The molecule has 1 rings (SSSR count). The number of nitrogens with two attached hydrogens (primary N) is 1. The number of amidine groups is 1. The molecule has 4 heteroatoms. The first-order valence-electron chi connectivity index (χ1n) is 5.54. The van der Waals surface area contributed by atoms with Gasteiger partial charge in [-0.05, 0) is 30.5 Å². The smallest absolute Gasteiger partial charge is 0.161 e. The number of hydrogen-bond donors (Lipinski definition) is 3. The molecule has 1 aromatic carbocycles. The van der Waals surface area contributed by atoms with Gasteiger partial charge >= 0.3 is 0 Å². The average molecular weight is 221 g/mol. The van der Waals surface area contributed by atoms with E-state index in [1.54, 1.807) is 0 Å². The first-order chi connectivity index (χ1) is 7.71. The van der Waals surface area contributed by atoms with Crippen LogP contribution in [-0.2, 0) is 6.42 Å². The predicted molar refractivity (Wildman–Crippen MR) is 66.9 cm³/mol. The second-order valence-electron chi connectivity index (χ2n) is 3.68. The summed E-state index contributed by atoms with van der Waals surface area (Å²) in [5.41, 5.74) is 7.85. The van der Waals surface area contributed by atoms with Crippen molar-refractivity contribution in [2.75, 3.05) is 5.32 Å². The zero-order valence-electron chi connectivity index (χ0n) is 9.77. The van der Waals surface area contributed by atoms with Crippen LogP contribution in [0.5, 0.6) is 0 Å². The van der Waals surface area contributed by atoms with Crippen molar-refractivity contribution in [2.45, 2.75) is 32.7 Å². The summed E-state index contributed by atoms with van der Waals surface area (Å²) < 4.78 is 0. The summed E-state index contributed by atoms with van der Waals surface area (Å²) in [5, 5.41) is 14.9. The molecule has 4 N–H and O–H groups in total. The van der Waals surface area contributed by atoms with Crippen molar-refractivity contribution >= 4 is 11.5 Å². The van der Waals surface area contributed by atoms with Crippen molar-refractivity contribution in [3.63, 3.8) is 0 Å². The SMILES string of the molecule is CCc1ccc(NC(CC)C(N)=NO)cc1. The van der Waals surface area contributed by atoms with Crippen molar-refractivity contribution in [1.29, 1.82) is 0 Å². The molecule has 0 bridgehead atoms. The molecule has 16 heavy (non-hydrogen) atoms. The summed E-state index contributed by atoms with van der Waals surface area (Å²) in [6.07, 6.45) is 1.79. The molecule has 0 aromatic heterocycles. The van der Waals surface area contributed by atoms with Gasteiger partial charge in [0.05, 0.1) is 6.04 Å². The molecule has 0 fully saturated rings. The van der Waals surface area contributed by atoms with E-state index >= 15 is 0 Å². The number of rotatable bonds is 5. The molecular formula is C12H19N3O. The highest BCUT2D eigenvalue weighted by atomic mass is 16.4. The molecule has 0 radical (unpaired) electrons. The molecule has 0 spiro atoms. The van der Waals surface area contributed by atoms with Crippen LogP contribution < -0.4 is 11.1 Å². The quantitative estimate of drug-likeness (QED) is 0.309. The molecule has 1 atom stereocenters. The summed E-state index contributed by atoms with van der Waals surface area (Å²) >= 11 is 0. The lowest BCUT2D eigenvalue weighted by atomic mass is 10.1. The number of oxime groups is 1. The number of nitrogens with one attached hydrogen (secondary N) is 1. The molecule has 1 unspecified atom stereocenters. The Balaban J connectivity index is 2.70. The van der Waals surface area contributed by atoms with Gasteiger partial charge in [-0.2, -0.15) is 0 Å². The van der Waals surface area contributed by atoms with E-state index < -0.39 is 0 Å². The fourth-order valence-electron chi connectivity index (χ4n) is 1.49. The van der Waals surface area contributed by atoms with Crippen LogP contribution in [0, 0.1) is 0 Å². The van der Waals surface area contributed by atoms with Gasteiger partial charge in [0.1, 0.15) is 0 Å². The van der Waals surface area contributed by atoms with Crippen molar-refractivity contribution in [2.24, 2.45) is 10.9 Å². The number of nitrogens with zero attached hydrogens (tertiary/aromatic N) is 1. The van der Waals surface area contributed by atoms with Crippen LogP contribution in [0.15, 0.2) is 29.4 Å². The highest BCUT2D eigenvalue weighted by Gasteiger charge is 2.10. The van der Waals surface area contributed by atoms with Crippen LogP contribution >= 0.6 is 0 Å². The molecule has 0 saturated carbocycles. The molecule has 4 nitrogen and oxygen atoms in total. The van der Waals surface area contributed by atoms with Crippen LogP contribution in [0.4, 0.5) is 5.69 Å². The van der Waals surface area contributed by atoms with Crippen LogP contribution in [0.2, 0.25) is 0 Å². The second-order valence-corrected chi connectivity index (χ2v) is 3.68. The zero-order chi connectivity index (χ0) is 12.0. The summed E-state index contributed by atoms with van der Waals surface area (Å²) in [7, 11) is 0. The van der Waals surface area contributed by atoms with Gasteiger partial charge in [0, 0.05) is 5.69 Å². The molecule has 0 saturated heterocycles. The van der Waals surface area contributed by atoms with E-state index in [0.717, 1.165) is 18.5 Å². The summed E-state index contributed by atoms with van der Waals surface area (Å²) in [6.45, 7) is 4.10. The Labute approximate surface area is 96.2 Å². The molecule has 0 aliphatic heterocycles. The third kappa shape index (κ3) is 3.15. The number of hydrogen-bond acceptors (Lipinski definition) is 3. The number of anilines is 1. The summed E-state index contributed by atoms with van der Waals surface area (Å²) in [6, 6.07) is 8.03. The molecular weight excluding hydrogens is 202 g/mol. The van der Waals surface area contributed by atoms with Crippen LogP contribution in [0.1, 0.15) is 25.8 Å². The fraction of sp³-hybridized carbons (Fsp3) is 0.417. The van der Waals surface area contributed by atoms with Gasteiger partial charge in [-0.3, -0.25) is 0 Å². The summed E-state index contributed by atoms with van der Waals surface area (Å²) in [4.78, 5) is 0. The fourth-order valence-corrected chi connectivity index (χ4v) is 1.49. The standard InChI is InChI=1S/C12H19N3O/c1-3-9-5-7-10(8-6-9)14-11(4-2)12(13)15-16/h5-8,11,14,16H,3-4H2,1-2H3,(H2,13,15). The van der Waals surface area contributed by atoms with E-state index in [0.29, 0.717) is 0 Å². The third-order valence-corrected chi connectivity index (χ3v) is 2.58. The van der Waals surface area contributed by atoms with Gasteiger partial charge in [-0.15, -0.1) is 0 Å². The predicted octanol–water partition coefficient (Wildman–Crippen LogP) is 2.19. The van der Waals surface area contributed by atoms with E-state index in [1.165, 1.54) is 5.56 Å². The summed E-state index contributed by atoms with van der Waals surface area (Å²) in [5.74, 6) is 0.210. The average Bonchev–Trinajstić information content (AvgIpc) is 2.35. The Bertz CT molecular complexity index is 346. The van der Waals surface area contributed by atoms with Gasteiger partial charge in [0.2, 0.25) is 0 Å². The van der Waals surface area contributed by atoms with Crippen LogP contribution in [-0.4, -0.2) is 17.1 Å². The lowest BCUT2D eigenvalue weighted by molar-refractivity contribution is 0.316. The largest absolute Gasteiger partial charge is 0.409 e.